The van der Waals surface area contributed by atoms with Gasteiger partial charge in [0.05, 0.1) is 7.11 Å². The molecule has 1 aromatic carbocycles. The average Bonchev–Trinajstić information content (AvgIpc) is 3.18. The Kier molecular flexibility index (Phi) is 5.61. The van der Waals surface area contributed by atoms with Crippen LogP contribution in [0.2, 0.25) is 0 Å². The first-order chi connectivity index (χ1) is 12.0. The van der Waals surface area contributed by atoms with Gasteiger partial charge in [-0.05, 0) is 61.0 Å². The Morgan fingerprint density at radius 3 is 2.72 bits per heavy atom. The number of ether oxygens (including phenoxy) is 2. The minimum atomic E-state index is -2.87. The molecule has 2 aliphatic rings. The Morgan fingerprint density at radius 1 is 1.32 bits per heavy atom. The number of hydrogen-bond acceptors (Lipinski definition) is 3. The quantitative estimate of drug-likeness (QED) is 0.771. The lowest BCUT2D eigenvalue weighted by Gasteiger charge is -2.28. The first-order valence-electron chi connectivity index (χ1n) is 8.59. The molecule has 0 heterocycles. The Bertz CT molecular complexity index is 629. The molecule has 0 amide bonds. The van der Waals surface area contributed by atoms with Crippen molar-refractivity contribution in [2.45, 2.75) is 44.9 Å². The fourth-order valence-electron chi connectivity index (χ4n) is 4.04. The lowest BCUT2D eigenvalue weighted by atomic mass is 9.95. The molecule has 2 aliphatic carbocycles. The van der Waals surface area contributed by atoms with Gasteiger partial charge in [0.1, 0.15) is 0 Å². The minimum Gasteiger partial charge on any atom is -0.493 e. The van der Waals surface area contributed by atoms with Crippen LogP contribution in [0.25, 0.3) is 0 Å². The van der Waals surface area contributed by atoms with E-state index in [9.17, 15) is 8.78 Å². The third-order valence-electron chi connectivity index (χ3n) is 5.26. The van der Waals surface area contributed by atoms with Crippen LogP contribution in [-0.2, 0) is 6.54 Å². The molecule has 0 radical (unpaired) electrons. The predicted octanol–water partition coefficient (Wildman–Crippen LogP) is 3.79. The Balaban J connectivity index is 1.58. The summed E-state index contributed by atoms with van der Waals surface area (Å²) < 4.78 is 34.4. The molecule has 0 aliphatic heterocycles. The third-order valence-corrected chi connectivity index (χ3v) is 5.69. The first kappa shape index (κ1) is 18.2. The van der Waals surface area contributed by atoms with Gasteiger partial charge in [-0.25, -0.2) is 0 Å². The van der Waals surface area contributed by atoms with Gasteiger partial charge in [-0.2, -0.15) is 8.78 Å². The molecule has 0 spiro atoms. The van der Waals surface area contributed by atoms with Crippen LogP contribution in [0, 0.1) is 11.8 Å². The molecule has 25 heavy (non-hydrogen) atoms. The van der Waals surface area contributed by atoms with Crippen molar-refractivity contribution in [3.63, 3.8) is 0 Å². The van der Waals surface area contributed by atoms with E-state index in [2.05, 4.69) is 10.1 Å². The molecule has 4 nitrogen and oxygen atoms in total. The highest BCUT2D eigenvalue weighted by Crippen LogP contribution is 2.44. The molecule has 2 fully saturated rings. The van der Waals surface area contributed by atoms with Crippen molar-refractivity contribution in [2.24, 2.45) is 11.8 Å². The molecular formula is C18H24F2N2O2S. The van der Waals surface area contributed by atoms with Crippen molar-refractivity contribution in [3.05, 3.63) is 23.8 Å². The van der Waals surface area contributed by atoms with Gasteiger partial charge >= 0.3 is 6.61 Å². The molecule has 3 rings (SSSR count). The fourth-order valence-corrected chi connectivity index (χ4v) is 4.26. The number of methoxy groups -OCH3 is 1. The van der Waals surface area contributed by atoms with E-state index < -0.39 is 6.61 Å². The molecule has 7 heteroatoms. The van der Waals surface area contributed by atoms with Crippen molar-refractivity contribution < 1.29 is 18.3 Å². The zero-order valence-corrected chi connectivity index (χ0v) is 15.3. The summed E-state index contributed by atoms with van der Waals surface area (Å²) in [5.74, 6) is 1.94. The molecule has 0 saturated heterocycles. The monoisotopic (exact) mass is 370 g/mol. The van der Waals surface area contributed by atoms with E-state index in [0.29, 0.717) is 12.6 Å². The number of rotatable bonds is 6. The number of benzene rings is 1. The van der Waals surface area contributed by atoms with Gasteiger partial charge in [0.25, 0.3) is 0 Å². The van der Waals surface area contributed by atoms with Crippen molar-refractivity contribution in [3.8, 4) is 11.5 Å². The van der Waals surface area contributed by atoms with Crippen LogP contribution < -0.4 is 14.8 Å². The summed E-state index contributed by atoms with van der Waals surface area (Å²) in [5.41, 5.74) is 0.915. The van der Waals surface area contributed by atoms with Gasteiger partial charge in [-0.15, -0.1) is 0 Å². The molecule has 1 aromatic rings. The molecule has 138 valence electrons. The maximum absolute atomic E-state index is 12.4. The molecule has 2 bridgehead atoms. The second-order valence-electron chi connectivity index (χ2n) is 6.95. The standard InChI is InChI=1S/C18H24F2N2O2S/c1-22(18(25)21-14-8-11-3-5-13(14)7-11)10-12-4-6-15(24-17(19)20)16(9-12)23-2/h4,6,9,11,13-14,17H,3,5,7-8,10H2,1-2H3,(H,21,25)/t11-,13-,14+/m0/s1. The van der Waals surface area contributed by atoms with Gasteiger partial charge in [0, 0.05) is 19.6 Å². The average molecular weight is 370 g/mol. The second-order valence-corrected chi connectivity index (χ2v) is 7.34. The van der Waals surface area contributed by atoms with Gasteiger partial charge in [0.2, 0.25) is 0 Å². The zero-order valence-electron chi connectivity index (χ0n) is 14.5. The van der Waals surface area contributed by atoms with E-state index in [0.717, 1.165) is 22.5 Å². The number of hydrogen-bond donors (Lipinski definition) is 1. The van der Waals surface area contributed by atoms with E-state index in [1.807, 2.05) is 11.9 Å². The summed E-state index contributed by atoms with van der Waals surface area (Å²) in [4.78, 5) is 1.96. The number of alkyl halides is 2. The number of halogens is 2. The van der Waals surface area contributed by atoms with Gasteiger partial charge in [-0.1, -0.05) is 12.5 Å². The number of nitrogens with zero attached hydrogens (tertiary/aromatic N) is 1. The van der Waals surface area contributed by atoms with Gasteiger partial charge in [-0.3, -0.25) is 0 Å². The first-order valence-corrected chi connectivity index (χ1v) is 9.00. The number of fused-ring (bicyclic) bond motifs is 2. The lowest BCUT2D eigenvalue weighted by Crippen LogP contribution is -2.44. The largest absolute Gasteiger partial charge is 0.493 e. The van der Waals surface area contributed by atoms with Gasteiger partial charge < -0.3 is 19.7 Å². The SMILES string of the molecule is COc1cc(CN(C)C(=S)N[C@@H]2C[C@H]3CC[C@H]2C3)ccc1OC(F)F. The van der Waals surface area contributed by atoms with Crippen LogP contribution in [0.5, 0.6) is 11.5 Å². The van der Waals surface area contributed by atoms with Crippen LogP contribution in [0.4, 0.5) is 8.78 Å². The lowest BCUT2D eigenvalue weighted by molar-refractivity contribution is -0.0512. The van der Waals surface area contributed by atoms with Crippen molar-refractivity contribution >= 4 is 17.3 Å². The van der Waals surface area contributed by atoms with Gasteiger partial charge in [0.15, 0.2) is 16.6 Å². The highest BCUT2D eigenvalue weighted by atomic mass is 32.1. The normalized spacial score (nSPS) is 24.4. The molecule has 0 unspecified atom stereocenters. The summed E-state index contributed by atoms with van der Waals surface area (Å²) in [6.07, 6.45) is 5.20. The summed E-state index contributed by atoms with van der Waals surface area (Å²) in [6, 6.07) is 5.44. The van der Waals surface area contributed by atoms with Crippen molar-refractivity contribution in [2.75, 3.05) is 14.2 Å². The van der Waals surface area contributed by atoms with Crippen LogP contribution in [0.1, 0.15) is 31.2 Å². The molecule has 2 saturated carbocycles. The zero-order chi connectivity index (χ0) is 18.0. The maximum Gasteiger partial charge on any atom is 0.387 e. The summed E-state index contributed by atoms with van der Waals surface area (Å²) in [7, 11) is 3.36. The molecular weight excluding hydrogens is 346 g/mol. The van der Waals surface area contributed by atoms with E-state index in [1.165, 1.54) is 38.9 Å². The third kappa shape index (κ3) is 4.32. The van der Waals surface area contributed by atoms with E-state index in [4.69, 9.17) is 17.0 Å². The van der Waals surface area contributed by atoms with E-state index >= 15 is 0 Å². The topological polar surface area (TPSA) is 33.7 Å². The summed E-state index contributed by atoms with van der Waals surface area (Å²) in [6.45, 7) is -2.31. The Hall–Kier alpha value is -1.63. The predicted molar refractivity (Wildman–Crippen MR) is 96.1 cm³/mol. The molecule has 1 N–H and O–H groups in total. The van der Waals surface area contributed by atoms with E-state index in [1.54, 1.807) is 12.1 Å². The summed E-state index contributed by atoms with van der Waals surface area (Å²) in [5, 5.41) is 4.22. The smallest absolute Gasteiger partial charge is 0.387 e. The highest BCUT2D eigenvalue weighted by molar-refractivity contribution is 7.80. The Morgan fingerprint density at radius 2 is 2.12 bits per heavy atom. The Labute approximate surface area is 152 Å². The minimum absolute atomic E-state index is 0.0339. The maximum atomic E-state index is 12.4. The van der Waals surface area contributed by atoms with Crippen molar-refractivity contribution in [1.29, 1.82) is 0 Å². The molecule has 0 aromatic heterocycles. The second kappa shape index (κ2) is 7.72. The highest BCUT2D eigenvalue weighted by Gasteiger charge is 2.39. The fraction of sp³-hybridized carbons (Fsp3) is 0.611. The van der Waals surface area contributed by atoms with Crippen molar-refractivity contribution in [1.82, 2.24) is 10.2 Å². The van der Waals surface area contributed by atoms with E-state index in [-0.39, 0.29) is 11.5 Å². The van der Waals surface area contributed by atoms with Crippen LogP contribution in [-0.4, -0.2) is 36.8 Å². The van der Waals surface area contributed by atoms with Crippen LogP contribution >= 0.6 is 12.2 Å². The van der Waals surface area contributed by atoms with Crippen LogP contribution in [0.3, 0.4) is 0 Å². The molecule has 3 atom stereocenters. The number of nitrogens with one attached hydrogen (secondary N) is 1. The van der Waals surface area contributed by atoms with Crippen LogP contribution in [0.15, 0.2) is 18.2 Å². The summed E-state index contributed by atoms with van der Waals surface area (Å²) >= 11 is 5.53. The number of thiocarbonyl (C=S) groups is 1.